The van der Waals surface area contributed by atoms with E-state index in [9.17, 15) is 4.79 Å². The van der Waals surface area contributed by atoms with Crippen molar-refractivity contribution in [1.82, 2.24) is 9.88 Å². The van der Waals surface area contributed by atoms with Crippen LogP contribution in [0.5, 0.6) is 0 Å². The second-order valence-corrected chi connectivity index (χ2v) is 8.89. The number of benzene rings is 2. The summed E-state index contributed by atoms with van der Waals surface area (Å²) in [5.74, 6) is 0.875. The van der Waals surface area contributed by atoms with Gasteiger partial charge in [0, 0.05) is 37.9 Å². The first-order valence-corrected chi connectivity index (χ1v) is 11.7. The van der Waals surface area contributed by atoms with Gasteiger partial charge < -0.3 is 9.64 Å². The van der Waals surface area contributed by atoms with Crippen LogP contribution in [0, 0.1) is 0 Å². The van der Waals surface area contributed by atoms with E-state index in [-0.39, 0.29) is 5.97 Å². The maximum atomic E-state index is 12.6. The van der Waals surface area contributed by atoms with Gasteiger partial charge >= 0.3 is 5.97 Å². The van der Waals surface area contributed by atoms with Crippen LogP contribution in [0.4, 0.5) is 5.82 Å². The minimum atomic E-state index is -0.609. The Labute approximate surface area is 197 Å². The lowest BCUT2D eigenvalue weighted by molar-refractivity contribution is -0.147. The van der Waals surface area contributed by atoms with E-state index in [1.807, 2.05) is 49.5 Å². The van der Waals surface area contributed by atoms with Crippen LogP contribution < -0.4 is 4.90 Å². The molecule has 1 saturated heterocycles. The van der Waals surface area contributed by atoms with E-state index in [0.29, 0.717) is 0 Å². The highest BCUT2D eigenvalue weighted by Gasteiger charge is 2.36. The smallest absolute Gasteiger partial charge is 0.315 e. The van der Waals surface area contributed by atoms with E-state index >= 15 is 0 Å². The van der Waals surface area contributed by atoms with Crippen LogP contribution in [0.3, 0.4) is 0 Å². The van der Waals surface area contributed by atoms with Gasteiger partial charge in [0.2, 0.25) is 0 Å². The van der Waals surface area contributed by atoms with E-state index in [0.717, 1.165) is 62.5 Å². The van der Waals surface area contributed by atoms with Crippen LogP contribution >= 0.6 is 0 Å². The average molecular weight is 444 g/mol. The summed E-state index contributed by atoms with van der Waals surface area (Å²) in [6.07, 6.45) is 3.69. The largest absolute Gasteiger partial charge is 0.468 e. The minimum Gasteiger partial charge on any atom is -0.468 e. The fraction of sp³-hybridized carbons (Fsp3) is 0.357. The molecular weight excluding hydrogens is 410 g/mol. The van der Waals surface area contributed by atoms with Crippen LogP contribution in [0.1, 0.15) is 25.3 Å². The molecule has 0 radical (unpaired) electrons. The van der Waals surface area contributed by atoms with Crippen molar-refractivity contribution >= 4 is 11.8 Å². The van der Waals surface area contributed by atoms with Gasteiger partial charge in [-0.05, 0) is 49.6 Å². The molecule has 5 heteroatoms. The Morgan fingerprint density at radius 3 is 2.18 bits per heavy atom. The number of piperazine rings is 1. The third-order valence-corrected chi connectivity index (χ3v) is 6.75. The lowest BCUT2D eigenvalue weighted by Crippen LogP contribution is -2.47. The van der Waals surface area contributed by atoms with Gasteiger partial charge in [0.05, 0.1) is 12.5 Å². The predicted molar refractivity (Wildman–Crippen MR) is 133 cm³/mol. The Morgan fingerprint density at radius 2 is 1.58 bits per heavy atom. The second-order valence-electron chi connectivity index (χ2n) is 8.89. The monoisotopic (exact) mass is 443 g/mol. The van der Waals surface area contributed by atoms with Crippen LogP contribution in [-0.2, 0) is 14.9 Å². The quantitative estimate of drug-likeness (QED) is 0.469. The zero-order valence-corrected chi connectivity index (χ0v) is 19.6. The van der Waals surface area contributed by atoms with Gasteiger partial charge in [0.1, 0.15) is 5.82 Å². The van der Waals surface area contributed by atoms with Gasteiger partial charge in [0.25, 0.3) is 0 Å². The summed E-state index contributed by atoms with van der Waals surface area (Å²) >= 11 is 0. The first-order valence-electron chi connectivity index (χ1n) is 11.7. The van der Waals surface area contributed by atoms with Crippen molar-refractivity contribution < 1.29 is 9.53 Å². The van der Waals surface area contributed by atoms with Crippen molar-refractivity contribution in [2.24, 2.45) is 0 Å². The fourth-order valence-electron chi connectivity index (χ4n) is 4.63. The van der Waals surface area contributed by atoms with Crippen LogP contribution in [-0.4, -0.2) is 55.7 Å². The summed E-state index contributed by atoms with van der Waals surface area (Å²) in [5, 5.41) is 0. The molecule has 0 saturated carbocycles. The molecule has 5 nitrogen and oxygen atoms in total. The number of ether oxygens (including phenoxy) is 1. The highest BCUT2D eigenvalue weighted by molar-refractivity contribution is 5.82. The van der Waals surface area contributed by atoms with Gasteiger partial charge in [-0.25, -0.2) is 4.98 Å². The first-order chi connectivity index (χ1) is 16.1. The van der Waals surface area contributed by atoms with E-state index in [1.165, 1.54) is 12.7 Å². The molecule has 2 aromatic carbocycles. The summed E-state index contributed by atoms with van der Waals surface area (Å²) in [5.41, 5.74) is 2.75. The number of hydrogen-bond acceptors (Lipinski definition) is 5. The standard InChI is InChI=1S/C28H33N3O2/c1-28(27(32)33-2,25-12-7-4-8-13-25)16-9-17-30-18-20-31(21-19-30)26-15-14-24(22-29-26)23-10-5-3-6-11-23/h3-8,10-15,22H,9,16-21H2,1-2H3. The fourth-order valence-corrected chi connectivity index (χ4v) is 4.63. The van der Waals surface area contributed by atoms with E-state index in [1.54, 1.807) is 0 Å². The number of esters is 1. The zero-order valence-electron chi connectivity index (χ0n) is 19.6. The molecule has 3 aromatic rings. The van der Waals surface area contributed by atoms with Crippen LogP contribution in [0.2, 0.25) is 0 Å². The number of rotatable bonds is 8. The average Bonchev–Trinajstić information content (AvgIpc) is 2.89. The van der Waals surface area contributed by atoms with E-state index in [2.05, 4.69) is 46.2 Å². The van der Waals surface area contributed by atoms with E-state index < -0.39 is 5.41 Å². The Morgan fingerprint density at radius 1 is 0.909 bits per heavy atom. The molecule has 1 aromatic heterocycles. The number of carbonyl (C=O) groups excluding carboxylic acids is 1. The van der Waals surface area contributed by atoms with Crippen LogP contribution in [0.15, 0.2) is 79.0 Å². The van der Waals surface area contributed by atoms with Crippen molar-refractivity contribution in [3.05, 3.63) is 84.6 Å². The lowest BCUT2D eigenvalue weighted by Gasteiger charge is -2.36. The number of carbonyl (C=O) groups is 1. The lowest BCUT2D eigenvalue weighted by atomic mass is 9.78. The minimum absolute atomic E-state index is 0.163. The topological polar surface area (TPSA) is 45.7 Å². The number of nitrogens with zero attached hydrogens (tertiary/aromatic N) is 3. The maximum Gasteiger partial charge on any atom is 0.315 e. The Balaban J connectivity index is 1.28. The second kappa shape index (κ2) is 10.6. The Bertz CT molecular complexity index is 1020. The molecule has 0 amide bonds. The van der Waals surface area contributed by atoms with Crippen molar-refractivity contribution in [2.45, 2.75) is 25.2 Å². The molecule has 0 aliphatic carbocycles. The van der Waals surface area contributed by atoms with Crippen molar-refractivity contribution in [2.75, 3.05) is 44.7 Å². The molecule has 33 heavy (non-hydrogen) atoms. The molecule has 1 fully saturated rings. The van der Waals surface area contributed by atoms with Gasteiger partial charge in [-0.1, -0.05) is 60.7 Å². The SMILES string of the molecule is COC(=O)C(C)(CCCN1CCN(c2ccc(-c3ccccc3)cn2)CC1)c1ccccc1. The summed E-state index contributed by atoms with van der Waals surface area (Å²) in [6, 6.07) is 24.6. The number of methoxy groups -OCH3 is 1. The number of aromatic nitrogens is 1. The summed E-state index contributed by atoms with van der Waals surface area (Å²) in [7, 11) is 1.48. The summed E-state index contributed by atoms with van der Waals surface area (Å²) < 4.78 is 5.15. The number of pyridine rings is 1. The molecule has 0 spiro atoms. The highest BCUT2D eigenvalue weighted by atomic mass is 16.5. The van der Waals surface area contributed by atoms with Gasteiger partial charge in [-0.15, -0.1) is 0 Å². The molecule has 1 aliphatic heterocycles. The normalized spacial score (nSPS) is 16.2. The maximum absolute atomic E-state index is 12.6. The van der Waals surface area contributed by atoms with Gasteiger partial charge in [0.15, 0.2) is 0 Å². The Kier molecular flexibility index (Phi) is 7.40. The highest BCUT2D eigenvalue weighted by Crippen LogP contribution is 2.31. The van der Waals surface area contributed by atoms with Crippen molar-refractivity contribution in [3.8, 4) is 11.1 Å². The summed E-state index contributed by atoms with van der Waals surface area (Å²) in [4.78, 5) is 22.1. The number of hydrogen-bond donors (Lipinski definition) is 0. The molecule has 0 N–H and O–H groups in total. The molecule has 1 unspecified atom stereocenters. The molecule has 1 aliphatic rings. The van der Waals surface area contributed by atoms with Crippen LogP contribution in [0.25, 0.3) is 11.1 Å². The molecular formula is C28H33N3O2. The third kappa shape index (κ3) is 5.42. The molecule has 172 valence electrons. The molecule has 2 heterocycles. The van der Waals surface area contributed by atoms with Gasteiger partial charge in [-0.2, -0.15) is 0 Å². The molecule has 4 rings (SSSR count). The zero-order chi connectivity index (χ0) is 23.1. The first kappa shape index (κ1) is 23.0. The van der Waals surface area contributed by atoms with E-state index in [4.69, 9.17) is 9.72 Å². The predicted octanol–water partition coefficient (Wildman–Crippen LogP) is 4.78. The van der Waals surface area contributed by atoms with Crippen molar-refractivity contribution in [3.63, 3.8) is 0 Å². The van der Waals surface area contributed by atoms with Crippen molar-refractivity contribution in [1.29, 1.82) is 0 Å². The molecule has 0 bridgehead atoms. The third-order valence-electron chi connectivity index (χ3n) is 6.75. The molecule has 1 atom stereocenters. The Hall–Kier alpha value is -3.18. The van der Waals surface area contributed by atoms with Gasteiger partial charge in [-0.3, -0.25) is 9.69 Å². The summed E-state index contributed by atoms with van der Waals surface area (Å²) in [6.45, 7) is 6.91. The number of anilines is 1.